The summed E-state index contributed by atoms with van der Waals surface area (Å²) in [5.74, 6) is 0. The van der Waals surface area contributed by atoms with Crippen LogP contribution in [0.4, 0.5) is 5.69 Å². The van der Waals surface area contributed by atoms with Gasteiger partial charge in [-0.25, -0.2) is 8.42 Å². The first kappa shape index (κ1) is 13.3. The molecule has 0 amide bonds. The third-order valence-corrected chi connectivity index (χ3v) is 5.24. The van der Waals surface area contributed by atoms with E-state index in [0.717, 1.165) is 0 Å². The van der Waals surface area contributed by atoms with Gasteiger partial charge in [0.2, 0.25) is 10.0 Å². The van der Waals surface area contributed by atoms with Gasteiger partial charge >= 0.3 is 0 Å². The number of pyridine rings is 1. The number of β-amino-alcohol motifs (C(OH)–C–C–N with tert-alkyl or cyclic N) is 1. The van der Waals surface area contributed by atoms with Crippen LogP contribution < -0.4 is 5.73 Å². The van der Waals surface area contributed by atoms with Gasteiger partial charge in [-0.3, -0.25) is 4.98 Å². The van der Waals surface area contributed by atoms with Gasteiger partial charge in [0.1, 0.15) is 4.90 Å². The smallest absolute Gasteiger partial charge is 0.245 e. The van der Waals surface area contributed by atoms with E-state index in [1.165, 1.54) is 16.6 Å². The van der Waals surface area contributed by atoms with E-state index in [1.807, 2.05) is 0 Å². The molecule has 7 heteroatoms. The van der Waals surface area contributed by atoms with Crippen LogP contribution in [0.2, 0.25) is 0 Å². The number of aromatic nitrogens is 1. The largest absolute Gasteiger partial charge is 0.398 e. The fraction of sp³-hybridized carbons (Fsp3) is 0.308. The molecule has 1 aliphatic rings. The minimum Gasteiger partial charge on any atom is -0.398 e. The van der Waals surface area contributed by atoms with Crippen LogP contribution in [0.5, 0.6) is 0 Å². The van der Waals surface area contributed by atoms with Crippen molar-refractivity contribution in [3.63, 3.8) is 0 Å². The van der Waals surface area contributed by atoms with Gasteiger partial charge in [-0.2, -0.15) is 4.31 Å². The molecule has 0 unspecified atom stereocenters. The van der Waals surface area contributed by atoms with Gasteiger partial charge in [-0.05, 0) is 31.2 Å². The highest BCUT2D eigenvalue weighted by molar-refractivity contribution is 7.89. The average Bonchev–Trinajstić information content (AvgIpc) is 2.36. The first-order chi connectivity index (χ1) is 9.31. The molecule has 0 radical (unpaired) electrons. The van der Waals surface area contributed by atoms with E-state index in [9.17, 15) is 13.5 Å². The predicted molar refractivity (Wildman–Crippen MR) is 75.5 cm³/mol. The minimum absolute atomic E-state index is 0.0913. The van der Waals surface area contributed by atoms with Crippen LogP contribution in [0.15, 0.2) is 35.4 Å². The zero-order chi connectivity index (χ0) is 14.5. The molecule has 2 aromatic rings. The summed E-state index contributed by atoms with van der Waals surface area (Å²) in [6.45, 7) is 1.79. The minimum atomic E-state index is -3.66. The molecule has 0 saturated carbocycles. The Morgan fingerprint density at radius 2 is 2.05 bits per heavy atom. The fourth-order valence-electron chi connectivity index (χ4n) is 2.40. The van der Waals surface area contributed by atoms with Crippen molar-refractivity contribution < 1.29 is 13.5 Å². The number of nitrogen functional groups attached to an aromatic ring is 1. The lowest BCUT2D eigenvalue weighted by molar-refractivity contribution is -0.0426. The number of rotatable bonds is 2. The van der Waals surface area contributed by atoms with Crippen LogP contribution in [-0.2, 0) is 10.0 Å². The second-order valence-corrected chi connectivity index (χ2v) is 7.23. The summed E-state index contributed by atoms with van der Waals surface area (Å²) in [5, 5.41) is 10.3. The van der Waals surface area contributed by atoms with Crippen molar-refractivity contribution in [1.82, 2.24) is 9.29 Å². The Morgan fingerprint density at radius 3 is 2.70 bits per heavy atom. The zero-order valence-electron chi connectivity index (χ0n) is 10.9. The van der Waals surface area contributed by atoms with Gasteiger partial charge in [-0.15, -0.1) is 0 Å². The lowest BCUT2D eigenvalue weighted by Gasteiger charge is -2.42. The molecule has 1 aromatic carbocycles. The Labute approximate surface area is 116 Å². The second kappa shape index (κ2) is 4.15. The normalized spacial score (nSPS) is 18.9. The number of sulfonamides is 1. The van der Waals surface area contributed by atoms with Crippen LogP contribution >= 0.6 is 0 Å². The molecule has 20 heavy (non-hydrogen) atoms. The number of fused-ring (bicyclic) bond motifs is 1. The molecule has 6 nitrogen and oxygen atoms in total. The molecule has 0 bridgehead atoms. The number of nitrogens with two attached hydrogens (primary N) is 1. The molecule has 106 valence electrons. The monoisotopic (exact) mass is 293 g/mol. The molecular formula is C13H15N3O3S. The zero-order valence-corrected chi connectivity index (χ0v) is 11.8. The van der Waals surface area contributed by atoms with Crippen molar-refractivity contribution in [3.8, 4) is 0 Å². The molecule has 1 aromatic heterocycles. The van der Waals surface area contributed by atoms with Crippen LogP contribution in [0.3, 0.4) is 0 Å². The average molecular weight is 293 g/mol. The molecule has 1 saturated heterocycles. The van der Waals surface area contributed by atoms with Gasteiger partial charge in [0.05, 0.1) is 11.1 Å². The van der Waals surface area contributed by atoms with Crippen molar-refractivity contribution >= 4 is 26.6 Å². The van der Waals surface area contributed by atoms with Crippen molar-refractivity contribution in [1.29, 1.82) is 0 Å². The predicted octanol–water partition coefficient (Wildman–Crippen LogP) is 0.572. The van der Waals surface area contributed by atoms with Crippen molar-refractivity contribution in [2.45, 2.75) is 17.4 Å². The summed E-state index contributed by atoms with van der Waals surface area (Å²) in [5.41, 5.74) is 5.74. The van der Waals surface area contributed by atoms with Crippen molar-refractivity contribution in [2.75, 3.05) is 18.8 Å². The molecule has 0 aliphatic carbocycles. The molecule has 1 aliphatic heterocycles. The molecule has 3 N–H and O–H groups in total. The Kier molecular flexibility index (Phi) is 2.75. The topological polar surface area (TPSA) is 96.5 Å². The highest BCUT2D eigenvalue weighted by Crippen LogP contribution is 2.32. The summed E-state index contributed by atoms with van der Waals surface area (Å²) in [6.07, 6.45) is 1.53. The highest BCUT2D eigenvalue weighted by atomic mass is 32.2. The molecule has 0 spiro atoms. The van der Waals surface area contributed by atoms with E-state index in [-0.39, 0.29) is 18.0 Å². The third-order valence-electron chi connectivity index (χ3n) is 3.42. The molecule has 1 fully saturated rings. The Balaban J connectivity index is 2.14. The Morgan fingerprint density at radius 1 is 1.35 bits per heavy atom. The fourth-order valence-corrected chi connectivity index (χ4v) is 4.22. The summed E-state index contributed by atoms with van der Waals surface area (Å²) < 4.78 is 26.4. The van der Waals surface area contributed by atoms with Gasteiger partial charge in [0, 0.05) is 30.4 Å². The van der Waals surface area contributed by atoms with Gasteiger partial charge in [0.15, 0.2) is 0 Å². The molecular weight excluding hydrogens is 278 g/mol. The molecule has 2 heterocycles. The maximum atomic E-state index is 12.6. The number of aliphatic hydroxyl groups is 1. The van der Waals surface area contributed by atoms with E-state index < -0.39 is 15.6 Å². The van der Waals surface area contributed by atoms with Crippen LogP contribution in [0.1, 0.15) is 6.92 Å². The van der Waals surface area contributed by atoms with E-state index in [4.69, 9.17) is 5.73 Å². The van der Waals surface area contributed by atoms with Gasteiger partial charge in [0.25, 0.3) is 0 Å². The standard InChI is InChI=1S/C13H15N3O3S/c1-13(17)7-16(8-13)20(18,19)11-5-4-10(14)9-3-2-6-15-12(9)11/h2-6,17H,7-8,14H2,1H3. The van der Waals surface area contributed by atoms with Crippen LogP contribution in [-0.4, -0.2) is 41.5 Å². The third kappa shape index (κ3) is 1.94. The lowest BCUT2D eigenvalue weighted by atomic mass is 10.0. The van der Waals surface area contributed by atoms with Crippen LogP contribution in [0.25, 0.3) is 10.9 Å². The summed E-state index contributed by atoms with van der Waals surface area (Å²) >= 11 is 0. The molecule has 3 rings (SSSR count). The molecule has 0 atom stereocenters. The Hall–Kier alpha value is -1.70. The SMILES string of the molecule is CC1(O)CN(S(=O)(=O)c2ccc(N)c3cccnc23)C1. The van der Waals surface area contributed by atoms with Gasteiger partial charge < -0.3 is 10.8 Å². The Bertz CT molecular complexity index is 779. The summed E-state index contributed by atoms with van der Waals surface area (Å²) in [6, 6.07) is 6.48. The van der Waals surface area contributed by atoms with E-state index in [2.05, 4.69) is 4.98 Å². The first-order valence-electron chi connectivity index (χ1n) is 6.17. The van der Waals surface area contributed by atoms with E-state index >= 15 is 0 Å². The number of hydrogen-bond donors (Lipinski definition) is 2. The first-order valence-corrected chi connectivity index (χ1v) is 7.61. The van der Waals surface area contributed by atoms with Crippen molar-refractivity contribution in [3.05, 3.63) is 30.5 Å². The van der Waals surface area contributed by atoms with Crippen LogP contribution in [0, 0.1) is 0 Å². The number of anilines is 1. The number of nitrogens with zero attached hydrogens (tertiary/aromatic N) is 2. The van der Waals surface area contributed by atoms with E-state index in [1.54, 1.807) is 25.1 Å². The number of hydrogen-bond acceptors (Lipinski definition) is 5. The highest BCUT2D eigenvalue weighted by Gasteiger charge is 2.44. The summed E-state index contributed by atoms with van der Waals surface area (Å²) in [4.78, 5) is 4.26. The van der Waals surface area contributed by atoms with Gasteiger partial charge in [-0.1, -0.05) is 0 Å². The van der Waals surface area contributed by atoms with Crippen molar-refractivity contribution in [2.24, 2.45) is 0 Å². The maximum Gasteiger partial charge on any atom is 0.245 e. The number of benzene rings is 1. The quantitative estimate of drug-likeness (QED) is 0.789. The van der Waals surface area contributed by atoms with E-state index in [0.29, 0.717) is 16.6 Å². The second-order valence-electron chi connectivity index (χ2n) is 5.32. The summed E-state index contributed by atoms with van der Waals surface area (Å²) in [7, 11) is -3.66. The lowest BCUT2D eigenvalue weighted by Crippen LogP contribution is -2.61. The maximum absolute atomic E-state index is 12.6.